The smallest absolute Gasteiger partial charge is 0.0229 e. The molecule has 0 aliphatic carbocycles. The second kappa shape index (κ2) is 2.12. The van der Waals surface area contributed by atoms with Gasteiger partial charge in [-0.25, -0.2) is 0 Å². The van der Waals surface area contributed by atoms with Crippen LogP contribution in [0.1, 0.15) is 20.3 Å². The van der Waals surface area contributed by atoms with Gasteiger partial charge in [-0.05, 0) is 19.3 Å². The Hall–Kier alpha value is -0.590. The lowest BCUT2D eigenvalue weighted by molar-refractivity contribution is 0.753. The summed E-state index contributed by atoms with van der Waals surface area (Å²) in [6.45, 7) is 4.27. The monoisotopic (exact) mass is 109 g/mol. The normalized spacial score (nSPS) is 27.8. The summed E-state index contributed by atoms with van der Waals surface area (Å²) in [7, 11) is 0. The van der Waals surface area contributed by atoms with Crippen molar-refractivity contribution >= 4 is 5.71 Å². The van der Waals surface area contributed by atoms with Gasteiger partial charge in [0.2, 0.25) is 0 Å². The Morgan fingerprint density at radius 3 is 2.88 bits per heavy atom. The molecule has 1 aliphatic rings. The first-order valence-corrected chi connectivity index (χ1v) is 2.99. The van der Waals surface area contributed by atoms with Crippen LogP contribution < -0.4 is 0 Å². The van der Waals surface area contributed by atoms with E-state index in [9.17, 15) is 0 Å². The quantitative estimate of drug-likeness (QED) is 0.451. The Labute approximate surface area is 50.1 Å². The van der Waals surface area contributed by atoms with Crippen LogP contribution >= 0.6 is 0 Å². The van der Waals surface area contributed by atoms with E-state index < -0.39 is 0 Å². The topological polar surface area (TPSA) is 12.4 Å². The molecule has 0 bridgehead atoms. The zero-order chi connectivity index (χ0) is 5.98. The maximum atomic E-state index is 4.12. The summed E-state index contributed by atoms with van der Waals surface area (Å²) >= 11 is 0. The number of nitrogens with zero attached hydrogens (tertiary/aromatic N) is 1. The molecule has 1 unspecified atom stereocenters. The van der Waals surface area contributed by atoms with Gasteiger partial charge >= 0.3 is 0 Å². The van der Waals surface area contributed by atoms with Crippen molar-refractivity contribution in [1.82, 2.24) is 0 Å². The van der Waals surface area contributed by atoms with E-state index in [1.807, 2.05) is 6.20 Å². The third-order valence-corrected chi connectivity index (χ3v) is 1.33. The van der Waals surface area contributed by atoms with Crippen molar-refractivity contribution < 1.29 is 0 Å². The van der Waals surface area contributed by atoms with Crippen LogP contribution in [0.15, 0.2) is 17.3 Å². The lowest BCUT2D eigenvalue weighted by Crippen LogP contribution is -2.01. The highest BCUT2D eigenvalue weighted by molar-refractivity contribution is 5.83. The van der Waals surface area contributed by atoms with Crippen molar-refractivity contribution in [2.24, 2.45) is 10.9 Å². The minimum absolute atomic E-state index is 0.701. The van der Waals surface area contributed by atoms with Crippen LogP contribution in [0.2, 0.25) is 0 Å². The first-order chi connectivity index (χ1) is 3.79. The largest absolute Gasteiger partial charge is 0.266 e. The Balaban J connectivity index is 2.59. The molecule has 0 aromatic heterocycles. The molecule has 0 saturated carbocycles. The van der Waals surface area contributed by atoms with Gasteiger partial charge in [-0.15, -0.1) is 0 Å². The highest BCUT2D eigenvalue weighted by Crippen LogP contribution is 2.09. The third kappa shape index (κ3) is 1.19. The van der Waals surface area contributed by atoms with Gasteiger partial charge in [0.05, 0.1) is 0 Å². The molecular formula is C7H11N. The predicted molar refractivity (Wildman–Crippen MR) is 36.0 cm³/mol. The summed E-state index contributed by atoms with van der Waals surface area (Å²) in [4.78, 5) is 4.12. The summed E-state index contributed by atoms with van der Waals surface area (Å²) in [6.07, 6.45) is 5.16. The zero-order valence-electron chi connectivity index (χ0n) is 5.39. The van der Waals surface area contributed by atoms with Crippen molar-refractivity contribution in [1.29, 1.82) is 0 Å². The van der Waals surface area contributed by atoms with Crippen LogP contribution in [0.3, 0.4) is 0 Å². The molecule has 8 heavy (non-hydrogen) atoms. The van der Waals surface area contributed by atoms with Gasteiger partial charge in [-0.1, -0.05) is 13.0 Å². The van der Waals surface area contributed by atoms with E-state index in [2.05, 4.69) is 24.9 Å². The average molecular weight is 109 g/mol. The summed E-state index contributed by atoms with van der Waals surface area (Å²) in [5.41, 5.74) is 1.25. The van der Waals surface area contributed by atoms with E-state index in [0.29, 0.717) is 5.92 Å². The molecule has 0 N–H and O–H groups in total. The molecule has 0 radical (unpaired) electrons. The van der Waals surface area contributed by atoms with E-state index in [-0.39, 0.29) is 0 Å². The minimum atomic E-state index is 0.701. The van der Waals surface area contributed by atoms with Crippen LogP contribution in [-0.4, -0.2) is 5.71 Å². The van der Waals surface area contributed by atoms with Crippen molar-refractivity contribution in [3.63, 3.8) is 0 Å². The fourth-order valence-electron chi connectivity index (χ4n) is 0.904. The highest BCUT2D eigenvalue weighted by Gasteiger charge is 2.01. The summed E-state index contributed by atoms with van der Waals surface area (Å²) in [5, 5.41) is 0. The molecule has 0 aromatic carbocycles. The highest BCUT2D eigenvalue weighted by atomic mass is 14.7. The first kappa shape index (κ1) is 5.54. The van der Waals surface area contributed by atoms with E-state index in [4.69, 9.17) is 0 Å². The van der Waals surface area contributed by atoms with E-state index in [1.54, 1.807) is 0 Å². The Morgan fingerprint density at radius 1 is 1.75 bits per heavy atom. The van der Waals surface area contributed by atoms with Gasteiger partial charge in [0, 0.05) is 11.9 Å². The molecule has 1 heterocycles. The maximum Gasteiger partial charge on any atom is 0.0229 e. The second-order valence-electron chi connectivity index (χ2n) is 2.39. The fourth-order valence-corrected chi connectivity index (χ4v) is 0.904. The number of hydrogen-bond donors (Lipinski definition) is 0. The summed E-state index contributed by atoms with van der Waals surface area (Å²) < 4.78 is 0. The van der Waals surface area contributed by atoms with Crippen molar-refractivity contribution in [3.8, 4) is 0 Å². The molecule has 1 rings (SSSR count). The predicted octanol–water partition coefficient (Wildman–Crippen LogP) is 2.00. The average Bonchev–Trinajstić information content (AvgIpc) is 1.64. The molecule has 0 amide bonds. The standard InChI is InChI=1S/C7H11N/c1-6-3-4-8-7(2)5-6/h3-4,6H,5H2,1-2H3. The van der Waals surface area contributed by atoms with Gasteiger partial charge < -0.3 is 0 Å². The molecule has 0 aromatic rings. The van der Waals surface area contributed by atoms with Crippen LogP contribution in [0.25, 0.3) is 0 Å². The lowest BCUT2D eigenvalue weighted by Gasteiger charge is -2.07. The molecule has 1 heteroatoms. The molecule has 44 valence electrons. The Kier molecular flexibility index (Phi) is 1.47. The number of allylic oxidation sites excluding steroid dienone is 1. The van der Waals surface area contributed by atoms with Gasteiger partial charge in [-0.3, -0.25) is 4.99 Å². The molecule has 1 nitrogen and oxygen atoms in total. The molecule has 0 saturated heterocycles. The van der Waals surface area contributed by atoms with Crippen LogP contribution in [0.5, 0.6) is 0 Å². The van der Waals surface area contributed by atoms with Crippen LogP contribution in [0.4, 0.5) is 0 Å². The number of rotatable bonds is 0. The Bertz CT molecular complexity index is 133. The first-order valence-electron chi connectivity index (χ1n) is 2.99. The van der Waals surface area contributed by atoms with Gasteiger partial charge in [0.15, 0.2) is 0 Å². The summed E-state index contributed by atoms with van der Waals surface area (Å²) in [5.74, 6) is 0.701. The SMILES string of the molecule is CC1=NC=CC(C)C1. The van der Waals surface area contributed by atoms with Gasteiger partial charge in [-0.2, -0.15) is 0 Å². The van der Waals surface area contributed by atoms with Crippen molar-refractivity contribution in [2.45, 2.75) is 20.3 Å². The van der Waals surface area contributed by atoms with Gasteiger partial charge in [0.25, 0.3) is 0 Å². The minimum Gasteiger partial charge on any atom is -0.266 e. The van der Waals surface area contributed by atoms with E-state index in [1.165, 1.54) is 5.71 Å². The maximum absolute atomic E-state index is 4.12. The van der Waals surface area contributed by atoms with Crippen LogP contribution in [-0.2, 0) is 0 Å². The van der Waals surface area contributed by atoms with E-state index in [0.717, 1.165) is 6.42 Å². The molecule has 0 spiro atoms. The summed E-state index contributed by atoms with van der Waals surface area (Å²) in [6, 6.07) is 0. The van der Waals surface area contributed by atoms with Crippen molar-refractivity contribution in [2.75, 3.05) is 0 Å². The third-order valence-electron chi connectivity index (χ3n) is 1.33. The molecular weight excluding hydrogens is 98.1 g/mol. The number of hydrogen-bond acceptors (Lipinski definition) is 1. The Morgan fingerprint density at radius 2 is 2.50 bits per heavy atom. The molecule has 1 atom stereocenters. The van der Waals surface area contributed by atoms with Gasteiger partial charge in [0.1, 0.15) is 0 Å². The number of aliphatic imine (C=N–C) groups is 1. The zero-order valence-corrected chi connectivity index (χ0v) is 5.39. The fraction of sp³-hybridized carbons (Fsp3) is 0.571. The molecule has 1 aliphatic heterocycles. The molecule has 0 fully saturated rings. The van der Waals surface area contributed by atoms with Crippen LogP contribution in [0, 0.1) is 5.92 Å². The lowest BCUT2D eigenvalue weighted by atomic mass is 10.0. The second-order valence-corrected chi connectivity index (χ2v) is 2.39. The van der Waals surface area contributed by atoms with Crippen molar-refractivity contribution in [3.05, 3.63) is 12.3 Å². The van der Waals surface area contributed by atoms with E-state index >= 15 is 0 Å².